The molecule has 0 fully saturated rings. The molecule has 1 unspecified atom stereocenters. The van der Waals surface area contributed by atoms with E-state index in [9.17, 15) is 4.79 Å². The third-order valence-corrected chi connectivity index (χ3v) is 5.21. The van der Waals surface area contributed by atoms with Gasteiger partial charge >= 0.3 is 0 Å². The Morgan fingerprint density at radius 1 is 1.35 bits per heavy atom. The normalized spacial score (nSPS) is 16.2. The first-order valence-electron chi connectivity index (χ1n) is 8.15. The number of carbonyl (C=O) groups excluding carboxylic acids is 1. The molecule has 0 spiro atoms. The number of fused-ring (bicyclic) bond motifs is 1. The fourth-order valence-corrected chi connectivity index (χ4v) is 3.86. The number of methoxy groups -OCH3 is 1. The standard InChI is InChI=1S/C19H18N4O2S/c1-12-6-7-16-15(11-20-22-16)17(12)23-8-9-26-19(23)21-18(24)13-4-3-5-14(10-13)25-2/h3-11,19H,1-2H3,(H,20,22)(H,21,24). The number of rotatable bonds is 4. The zero-order valence-electron chi connectivity index (χ0n) is 14.4. The quantitative estimate of drug-likeness (QED) is 0.738. The Bertz CT molecular complexity index is 998. The first-order valence-corrected chi connectivity index (χ1v) is 9.10. The molecule has 6 nitrogen and oxygen atoms in total. The van der Waals surface area contributed by atoms with Gasteiger partial charge in [0.15, 0.2) is 5.50 Å². The minimum atomic E-state index is -0.229. The molecule has 0 saturated carbocycles. The summed E-state index contributed by atoms with van der Waals surface area (Å²) in [5.41, 5.74) is 3.46. The summed E-state index contributed by atoms with van der Waals surface area (Å²) in [4.78, 5) is 14.8. The van der Waals surface area contributed by atoms with Gasteiger partial charge in [0.2, 0.25) is 0 Å². The lowest BCUT2D eigenvalue weighted by Gasteiger charge is -2.27. The number of aromatic amines is 1. The molecule has 0 bridgehead atoms. The molecule has 1 aromatic heterocycles. The van der Waals surface area contributed by atoms with E-state index in [0.717, 1.165) is 22.2 Å². The summed E-state index contributed by atoms with van der Waals surface area (Å²) in [6.07, 6.45) is 3.80. The van der Waals surface area contributed by atoms with Crippen molar-refractivity contribution in [2.45, 2.75) is 12.4 Å². The number of aryl methyl sites for hydroxylation is 1. The molecule has 0 saturated heterocycles. The van der Waals surface area contributed by atoms with E-state index >= 15 is 0 Å². The number of amides is 1. The number of hydrogen-bond acceptors (Lipinski definition) is 5. The number of carbonyl (C=O) groups is 1. The maximum Gasteiger partial charge on any atom is 0.253 e. The third kappa shape index (κ3) is 2.90. The first-order chi connectivity index (χ1) is 12.7. The molecule has 2 heterocycles. The molecule has 26 heavy (non-hydrogen) atoms. The van der Waals surface area contributed by atoms with E-state index in [0.29, 0.717) is 11.3 Å². The van der Waals surface area contributed by atoms with Gasteiger partial charge in [0.1, 0.15) is 5.75 Å². The van der Waals surface area contributed by atoms with E-state index in [1.54, 1.807) is 31.0 Å². The fourth-order valence-electron chi connectivity index (χ4n) is 3.03. The van der Waals surface area contributed by atoms with Gasteiger partial charge in [-0.15, -0.1) is 0 Å². The average Bonchev–Trinajstić information content (AvgIpc) is 3.31. The molecule has 1 amide bonds. The van der Waals surface area contributed by atoms with Crippen molar-refractivity contribution in [3.05, 3.63) is 65.3 Å². The molecular weight excluding hydrogens is 348 g/mol. The van der Waals surface area contributed by atoms with Crippen LogP contribution >= 0.6 is 11.8 Å². The summed E-state index contributed by atoms with van der Waals surface area (Å²) in [5, 5.41) is 13.2. The van der Waals surface area contributed by atoms with Crippen molar-refractivity contribution < 1.29 is 9.53 Å². The highest BCUT2D eigenvalue weighted by molar-refractivity contribution is 8.03. The second kappa shape index (κ2) is 6.76. The second-order valence-electron chi connectivity index (χ2n) is 5.95. The lowest BCUT2D eigenvalue weighted by molar-refractivity contribution is 0.0950. The van der Waals surface area contributed by atoms with Gasteiger partial charge in [0.25, 0.3) is 5.91 Å². The zero-order chi connectivity index (χ0) is 18.1. The number of ether oxygens (including phenoxy) is 1. The summed E-state index contributed by atoms with van der Waals surface area (Å²) >= 11 is 1.55. The minimum Gasteiger partial charge on any atom is -0.497 e. The molecule has 4 rings (SSSR count). The van der Waals surface area contributed by atoms with E-state index in [4.69, 9.17) is 4.74 Å². The Kier molecular flexibility index (Phi) is 4.30. The van der Waals surface area contributed by atoms with Crippen molar-refractivity contribution in [2.75, 3.05) is 12.0 Å². The van der Waals surface area contributed by atoms with Crippen molar-refractivity contribution in [1.82, 2.24) is 15.5 Å². The molecule has 0 aliphatic carbocycles. The van der Waals surface area contributed by atoms with Crippen molar-refractivity contribution in [1.29, 1.82) is 0 Å². The SMILES string of the molecule is COc1cccc(C(=O)NC2SC=CN2c2c(C)ccc3[nH]ncc23)c1. The Balaban J connectivity index is 1.62. The highest BCUT2D eigenvalue weighted by Gasteiger charge is 2.26. The van der Waals surface area contributed by atoms with Crippen LogP contribution in [-0.4, -0.2) is 28.7 Å². The van der Waals surface area contributed by atoms with Gasteiger partial charge in [-0.1, -0.05) is 23.9 Å². The number of H-pyrrole nitrogens is 1. The predicted octanol–water partition coefficient (Wildman–Crippen LogP) is 3.62. The van der Waals surface area contributed by atoms with Crippen LogP contribution in [0.1, 0.15) is 15.9 Å². The lowest BCUT2D eigenvalue weighted by Crippen LogP contribution is -2.42. The van der Waals surface area contributed by atoms with Crippen LogP contribution in [0.4, 0.5) is 5.69 Å². The number of benzene rings is 2. The van der Waals surface area contributed by atoms with Crippen LogP contribution in [0.2, 0.25) is 0 Å². The van der Waals surface area contributed by atoms with Gasteiger partial charge in [-0.3, -0.25) is 9.89 Å². The molecule has 2 aromatic carbocycles. The number of anilines is 1. The summed E-state index contributed by atoms with van der Waals surface area (Å²) in [6, 6.07) is 11.2. The number of nitrogens with one attached hydrogen (secondary N) is 2. The van der Waals surface area contributed by atoms with Crippen LogP contribution in [0.15, 0.2) is 54.2 Å². The summed E-state index contributed by atoms with van der Waals surface area (Å²) in [5.74, 6) is 0.512. The van der Waals surface area contributed by atoms with E-state index in [1.807, 2.05) is 42.1 Å². The maximum atomic E-state index is 12.7. The second-order valence-corrected chi connectivity index (χ2v) is 6.94. The summed E-state index contributed by atoms with van der Waals surface area (Å²) < 4.78 is 5.20. The van der Waals surface area contributed by atoms with Gasteiger partial charge in [0, 0.05) is 17.1 Å². The summed E-state index contributed by atoms with van der Waals surface area (Å²) in [6.45, 7) is 2.06. The Hall–Kier alpha value is -2.93. The van der Waals surface area contributed by atoms with Crippen molar-refractivity contribution >= 4 is 34.3 Å². The van der Waals surface area contributed by atoms with E-state index in [-0.39, 0.29) is 11.4 Å². The van der Waals surface area contributed by atoms with Gasteiger partial charge in [-0.2, -0.15) is 5.10 Å². The molecule has 7 heteroatoms. The molecular formula is C19H18N4O2S. The lowest BCUT2D eigenvalue weighted by atomic mass is 10.1. The Morgan fingerprint density at radius 3 is 3.08 bits per heavy atom. The van der Waals surface area contributed by atoms with Crippen LogP contribution < -0.4 is 15.0 Å². The monoisotopic (exact) mass is 366 g/mol. The van der Waals surface area contributed by atoms with Crippen LogP contribution in [0, 0.1) is 6.92 Å². The predicted molar refractivity (Wildman–Crippen MR) is 104 cm³/mol. The van der Waals surface area contributed by atoms with Crippen LogP contribution in [0.3, 0.4) is 0 Å². The first kappa shape index (κ1) is 16.5. The van der Waals surface area contributed by atoms with Gasteiger partial charge in [-0.25, -0.2) is 0 Å². The van der Waals surface area contributed by atoms with E-state index in [2.05, 4.69) is 27.3 Å². The smallest absolute Gasteiger partial charge is 0.253 e. The van der Waals surface area contributed by atoms with Gasteiger partial charge < -0.3 is 15.0 Å². The Morgan fingerprint density at radius 2 is 2.23 bits per heavy atom. The van der Waals surface area contributed by atoms with Crippen LogP contribution in [0.25, 0.3) is 10.9 Å². The summed E-state index contributed by atoms with van der Waals surface area (Å²) in [7, 11) is 1.59. The van der Waals surface area contributed by atoms with Crippen molar-refractivity contribution in [3.8, 4) is 5.75 Å². The Labute approximate surface area is 155 Å². The number of hydrogen-bond donors (Lipinski definition) is 2. The number of nitrogens with zero attached hydrogens (tertiary/aromatic N) is 2. The van der Waals surface area contributed by atoms with E-state index in [1.165, 1.54) is 0 Å². The van der Waals surface area contributed by atoms with Gasteiger partial charge in [0.05, 0.1) is 24.5 Å². The van der Waals surface area contributed by atoms with Crippen molar-refractivity contribution in [2.24, 2.45) is 0 Å². The third-order valence-electron chi connectivity index (χ3n) is 4.32. The average molecular weight is 366 g/mol. The van der Waals surface area contributed by atoms with Crippen molar-refractivity contribution in [3.63, 3.8) is 0 Å². The largest absolute Gasteiger partial charge is 0.497 e. The highest BCUT2D eigenvalue weighted by atomic mass is 32.2. The van der Waals surface area contributed by atoms with E-state index < -0.39 is 0 Å². The van der Waals surface area contributed by atoms with Crippen LogP contribution in [-0.2, 0) is 0 Å². The maximum absolute atomic E-state index is 12.7. The molecule has 2 N–H and O–H groups in total. The number of thioether (sulfide) groups is 1. The van der Waals surface area contributed by atoms with Gasteiger partial charge in [-0.05, 0) is 42.2 Å². The van der Waals surface area contributed by atoms with Crippen LogP contribution in [0.5, 0.6) is 5.75 Å². The molecule has 1 aliphatic rings. The molecule has 0 radical (unpaired) electrons. The fraction of sp³-hybridized carbons (Fsp3) is 0.158. The highest BCUT2D eigenvalue weighted by Crippen LogP contribution is 2.36. The molecule has 3 aromatic rings. The molecule has 1 atom stereocenters. The molecule has 1 aliphatic heterocycles. The topological polar surface area (TPSA) is 70.2 Å². The number of aromatic nitrogens is 2. The minimum absolute atomic E-state index is 0.146. The molecule has 132 valence electrons. The zero-order valence-corrected chi connectivity index (χ0v) is 15.2.